The lowest BCUT2D eigenvalue weighted by Gasteiger charge is -2.20. The number of rotatable bonds is 8. The number of β-amino-alcohol motifs (C(OH)–C–C–N with tert-alkyl or cyclic N) is 1. The number of aromatic hydroxyl groups is 1. The number of aliphatic imine (C=N–C) groups is 1. The van der Waals surface area contributed by atoms with Crippen molar-refractivity contribution < 1.29 is 29.7 Å². The van der Waals surface area contributed by atoms with Gasteiger partial charge in [-0.2, -0.15) is 0 Å². The van der Waals surface area contributed by atoms with Crippen molar-refractivity contribution in [3.05, 3.63) is 50.7 Å². The average molecular weight is 614 g/mol. The molecule has 1 aliphatic rings. The van der Waals surface area contributed by atoms with Crippen LogP contribution in [0.15, 0.2) is 44.5 Å². The summed E-state index contributed by atoms with van der Waals surface area (Å²) < 4.78 is 0.896. The van der Waals surface area contributed by atoms with Gasteiger partial charge in [-0.1, -0.05) is 15.9 Å². The minimum absolute atomic E-state index is 0.176. The van der Waals surface area contributed by atoms with Gasteiger partial charge in [0.25, 0.3) is 5.91 Å². The second kappa shape index (κ2) is 12.0. The van der Waals surface area contributed by atoms with Crippen molar-refractivity contribution in [2.45, 2.75) is 18.6 Å². The van der Waals surface area contributed by atoms with E-state index in [2.05, 4.69) is 63.1 Å². The highest BCUT2D eigenvalue weighted by Crippen LogP contribution is 2.36. The van der Waals surface area contributed by atoms with Gasteiger partial charge in [-0.3, -0.25) is 24.4 Å². The number of aliphatic carboxylic acids is 1. The number of aliphatic hydroxyl groups is 1. The zero-order chi connectivity index (χ0) is 25.5. The Morgan fingerprint density at radius 1 is 1.20 bits per heavy atom. The highest BCUT2D eigenvalue weighted by Gasteiger charge is 2.23. The number of hydrogen-bond donors (Lipinski definition) is 7. The van der Waals surface area contributed by atoms with E-state index in [1.54, 1.807) is 6.07 Å². The molecule has 0 fully saturated rings. The van der Waals surface area contributed by atoms with Crippen LogP contribution in [0.3, 0.4) is 0 Å². The number of amides is 2. The van der Waals surface area contributed by atoms with E-state index in [4.69, 9.17) is 0 Å². The predicted molar refractivity (Wildman–Crippen MR) is 133 cm³/mol. The maximum absolute atomic E-state index is 12.5. The Labute approximate surface area is 216 Å². The Morgan fingerprint density at radius 3 is 2.66 bits per heavy atom. The predicted octanol–water partition coefficient (Wildman–Crippen LogP) is 1.11. The van der Waals surface area contributed by atoms with Crippen molar-refractivity contribution in [2.24, 2.45) is 4.99 Å². The zero-order valence-electron chi connectivity index (χ0n) is 18.1. The fourth-order valence-corrected chi connectivity index (χ4v) is 4.42. The highest BCUT2D eigenvalue weighted by molar-refractivity contribution is 9.11. The molecule has 0 saturated carbocycles. The van der Waals surface area contributed by atoms with E-state index in [-0.39, 0.29) is 23.4 Å². The summed E-state index contributed by atoms with van der Waals surface area (Å²) in [5, 5.41) is 39.9. The van der Waals surface area contributed by atoms with Gasteiger partial charge in [0, 0.05) is 22.8 Å². The summed E-state index contributed by atoms with van der Waals surface area (Å²) in [6.45, 7) is 0.149. The van der Waals surface area contributed by atoms with Crippen LogP contribution < -0.4 is 21.3 Å². The third-order valence-electron chi connectivity index (χ3n) is 4.78. The topological polar surface area (TPSA) is 185 Å². The molecule has 35 heavy (non-hydrogen) atoms. The summed E-state index contributed by atoms with van der Waals surface area (Å²) in [4.78, 5) is 44.5. The van der Waals surface area contributed by atoms with E-state index in [9.17, 15) is 29.7 Å². The van der Waals surface area contributed by atoms with E-state index in [0.29, 0.717) is 27.1 Å². The molecule has 7 N–H and O–H groups in total. The summed E-state index contributed by atoms with van der Waals surface area (Å²) >= 11 is 6.45. The van der Waals surface area contributed by atoms with Crippen LogP contribution in [0.1, 0.15) is 28.4 Å². The van der Waals surface area contributed by atoms with Gasteiger partial charge in [0.1, 0.15) is 5.75 Å². The standard InChI is InChI=1S/C21H22Br2N6O6/c22-11-2-14(19(34)15(23)3-11)16(4-18(32)33)29-17(31)9-25-20(35)10-1-12(6-24-5-10)28-21-26-7-13(30)8-27-21/h1-3,5-6,13,16,30,34H,4,7-9H2,(H,25,35)(H,29,31)(H,32,33)(H2,26,27,28)/t16-/m1/s1. The first-order valence-corrected chi connectivity index (χ1v) is 11.9. The average Bonchev–Trinajstić information content (AvgIpc) is 2.81. The number of anilines is 1. The van der Waals surface area contributed by atoms with Crippen molar-refractivity contribution >= 4 is 61.3 Å². The second-order valence-corrected chi connectivity index (χ2v) is 9.31. The lowest BCUT2D eigenvalue weighted by molar-refractivity contribution is -0.137. The van der Waals surface area contributed by atoms with Gasteiger partial charge < -0.3 is 36.6 Å². The Bertz CT molecular complexity index is 1160. The van der Waals surface area contributed by atoms with Gasteiger partial charge in [-0.05, 0) is 34.1 Å². The Hall–Kier alpha value is -3.23. The number of carbonyl (C=O) groups is 3. The molecular formula is C21H22Br2N6O6. The minimum atomic E-state index is -1.18. The number of pyridine rings is 1. The van der Waals surface area contributed by atoms with Crippen molar-refractivity contribution in [3.63, 3.8) is 0 Å². The molecule has 3 rings (SSSR count). The quantitative estimate of drug-likeness (QED) is 0.229. The van der Waals surface area contributed by atoms with Crippen LogP contribution in [0.25, 0.3) is 0 Å². The molecule has 14 heteroatoms. The van der Waals surface area contributed by atoms with Crippen molar-refractivity contribution in [1.82, 2.24) is 20.9 Å². The number of phenolic OH excluding ortho intramolecular Hbond substituents is 1. The first-order valence-electron chi connectivity index (χ1n) is 10.3. The van der Waals surface area contributed by atoms with E-state index in [1.807, 2.05) is 0 Å². The number of aromatic nitrogens is 1. The van der Waals surface area contributed by atoms with Gasteiger partial charge >= 0.3 is 5.97 Å². The lowest BCUT2D eigenvalue weighted by atomic mass is 10.0. The molecule has 2 amide bonds. The molecule has 1 unspecified atom stereocenters. The molecule has 0 bridgehead atoms. The van der Waals surface area contributed by atoms with Gasteiger partial charge in [-0.15, -0.1) is 0 Å². The molecule has 2 aromatic rings. The molecular weight excluding hydrogens is 592 g/mol. The number of benzene rings is 1. The van der Waals surface area contributed by atoms with Crippen LogP contribution >= 0.6 is 31.9 Å². The number of halogens is 2. The Balaban J connectivity index is 1.62. The zero-order valence-corrected chi connectivity index (χ0v) is 21.3. The van der Waals surface area contributed by atoms with Crippen molar-refractivity contribution in [3.8, 4) is 5.75 Å². The van der Waals surface area contributed by atoms with E-state index < -0.39 is 42.9 Å². The number of phenols is 1. The third-order valence-corrected chi connectivity index (χ3v) is 5.85. The van der Waals surface area contributed by atoms with Gasteiger partial charge in [0.2, 0.25) is 5.91 Å². The monoisotopic (exact) mass is 612 g/mol. The largest absolute Gasteiger partial charge is 0.506 e. The first kappa shape index (κ1) is 26.4. The maximum atomic E-state index is 12.5. The summed E-state index contributed by atoms with van der Waals surface area (Å²) in [7, 11) is 0. The maximum Gasteiger partial charge on any atom is 0.305 e. The molecule has 1 aliphatic heterocycles. The summed E-state index contributed by atoms with van der Waals surface area (Å²) in [6.07, 6.45) is 1.76. The van der Waals surface area contributed by atoms with E-state index in [1.165, 1.54) is 24.5 Å². The molecule has 1 aromatic heterocycles. The number of guanidine groups is 1. The number of carboxylic acid groups (broad SMARTS) is 1. The molecule has 186 valence electrons. The molecule has 12 nitrogen and oxygen atoms in total. The van der Waals surface area contributed by atoms with Crippen LogP contribution in [-0.4, -0.2) is 69.8 Å². The molecule has 2 atom stereocenters. The first-order chi connectivity index (χ1) is 16.6. The molecule has 0 saturated heterocycles. The third kappa shape index (κ3) is 7.63. The van der Waals surface area contributed by atoms with Crippen LogP contribution in [-0.2, 0) is 9.59 Å². The fraction of sp³-hybridized carbons (Fsp3) is 0.286. The molecule has 0 spiro atoms. The number of aliphatic hydroxyl groups excluding tert-OH is 1. The number of nitrogens with zero attached hydrogens (tertiary/aromatic N) is 2. The Kier molecular flexibility index (Phi) is 9.01. The lowest BCUT2D eigenvalue weighted by Crippen LogP contribution is -2.42. The van der Waals surface area contributed by atoms with Crippen LogP contribution in [0, 0.1) is 0 Å². The summed E-state index contributed by atoms with van der Waals surface area (Å²) in [5.74, 6) is -2.18. The fourth-order valence-electron chi connectivity index (χ4n) is 3.16. The minimum Gasteiger partial charge on any atom is -0.506 e. The normalized spacial score (nSPS) is 15.9. The highest BCUT2D eigenvalue weighted by atomic mass is 79.9. The van der Waals surface area contributed by atoms with Crippen LogP contribution in [0.5, 0.6) is 5.75 Å². The van der Waals surface area contributed by atoms with Gasteiger partial charge in [0.15, 0.2) is 5.96 Å². The smallest absolute Gasteiger partial charge is 0.305 e. The number of carbonyl (C=O) groups excluding carboxylic acids is 2. The molecule has 2 heterocycles. The summed E-state index contributed by atoms with van der Waals surface area (Å²) in [6, 6.07) is 3.56. The second-order valence-electron chi connectivity index (χ2n) is 7.54. The van der Waals surface area contributed by atoms with Crippen molar-refractivity contribution in [2.75, 3.05) is 25.0 Å². The number of carboxylic acids is 1. The van der Waals surface area contributed by atoms with Crippen LogP contribution in [0.2, 0.25) is 0 Å². The number of nitrogens with one attached hydrogen (secondary N) is 4. The van der Waals surface area contributed by atoms with Gasteiger partial charge in [0.05, 0.1) is 53.6 Å². The van der Waals surface area contributed by atoms with Crippen LogP contribution in [0.4, 0.5) is 5.69 Å². The van der Waals surface area contributed by atoms with Crippen molar-refractivity contribution in [1.29, 1.82) is 0 Å². The Morgan fingerprint density at radius 2 is 1.97 bits per heavy atom. The molecule has 0 aliphatic carbocycles. The SMILES string of the molecule is O=C(O)C[C@@H](NC(=O)CNC(=O)c1cncc(NC2=NCC(O)CN2)c1)c1cc(Br)cc(Br)c1O. The molecule has 1 aromatic carbocycles. The molecule has 0 radical (unpaired) electrons. The van der Waals surface area contributed by atoms with E-state index >= 15 is 0 Å². The van der Waals surface area contributed by atoms with E-state index in [0.717, 1.165) is 0 Å². The summed E-state index contributed by atoms with van der Waals surface area (Å²) in [5.41, 5.74) is 0.847. The van der Waals surface area contributed by atoms with Gasteiger partial charge in [-0.25, -0.2) is 0 Å². The number of hydrogen-bond acceptors (Lipinski definition) is 9.